The van der Waals surface area contributed by atoms with Crippen LogP contribution in [0.25, 0.3) is 0 Å². The molecule has 0 radical (unpaired) electrons. The fraction of sp³-hybridized carbons (Fsp3) is 0.875. The highest BCUT2D eigenvalue weighted by molar-refractivity contribution is 9.09. The standard InChI is InChI=1S/C8H13BrO/c1-6-2-3-7(5-10)8(9)4-6/h5-8H,2-4H2,1H3. The lowest BCUT2D eigenvalue weighted by molar-refractivity contribution is -0.111. The zero-order valence-electron chi connectivity index (χ0n) is 6.22. The number of carbonyl (C=O) groups excluding carboxylic acids is 1. The van der Waals surface area contributed by atoms with Crippen LogP contribution in [0.15, 0.2) is 0 Å². The number of rotatable bonds is 1. The highest BCUT2D eigenvalue weighted by Crippen LogP contribution is 2.32. The van der Waals surface area contributed by atoms with E-state index in [2.05, 4.69) is 22.9 Å². The molecule has 0 bridgehead atoms. The first kappa shape index (κ1) is 8.25. The van der Waals surface area contributed by atoms with Crippen molar-refractivity contribution in [2.24, 2.45) is 11.8 Å². The van der Waals surface area contributed by atoms with Gasteiger partial charge in [-0.2, -0.15) is 0 Å². The molecule has 1 fully saturated rings. The normalized spacial score (nSPS) is 41.2. The topological polar surface area (TPSA) is 17.1 Å². The van der Waals surface area contributed by atoms with Crippen molar-refractivity contribution in [3.63, 3.8) is 0 Å². The highest BCUT2D eigenvalue weighted by atomic mass is 79.9. The maximum absolute atomic E-state index is 10.4. The van der Waals surface area contributed by atoms with Crippen LogP contribution in [0.5, 0.6) is 0 Å². The van der Waals surface area contributed by atoms with Gasteiger partial charge in [-0.3, -0.25) is 0 Å². The van der Waals surface area contributed by atoms with Gasteiger partial charge in [-0.1, -0.05) is 22.9 Å². The van der Waals surface area contributed by atoms with Crippen LogP contribution in [0.3, 0.4) is 0 Å². The predicted octanol–water partition coefficient (Wildman–Crippen LogP) is 2.39. The number of hydrogen-bond donors (Lipinski definition) is 0. The minimum atomic E-state index is 0.274. The van der Waals surface area contributed by atoms with Crippen molar-refractivity contribution in [2.45, 2.75) is 31.0 Å². The summed E-state index contributed by atoms with van der Waals surface area (Å²) in [6, 6.07) is 0. The Hall–Kier alpha value is 0.150. The molecule has 1 aliphatic rings. The first-order valence-electron chi connectivity index (χ1n) is 3.83. The second kappa shape index (κ2) is 3.51. The first-order valence-corrected chi connectivity index (χ1v) is 4.75. The minimum absolute atomic E-state index is 0.274. The summed E-state index contributed by atoms with van der Waals surface area (Å²) in [6.07, 6.45) is 4.53. The molecule has 10 heavy (non-hydrogen) atoms. The maximum atomic E-state index is 10.4. The fourth-order valence-electron chi connectivity index (χ4n) is 1.49. The van der Waals surface area contributed by atoms with Crippen molar-refractivity contribution in [2.75, 3.05) is 0 Å². The Morgan fingerprint density at radius 3 is 2.70 bits per heavy atom. The number of hydrogen-bond acceptors (Lipinski definition) is 1. The molecular formula is C8H13BrO. The van der Waals surface area contributed by atoms with Crippen LogP contribution in [0.4, 0.5) is 0 Å². The summed E-state index contributed by atoms with van der Waals surface area (Å²) in [5, 5.41) is 0. The number of halogens is 1. The molecule has 58 valence electrons. The fourth-order valence-corrected chi connectivity index (χ4v) is 2.52. The van der Waals surface area contributed by atoms with E-state index in [1.165, 1.54) is 6.42 Å². The molecule has 0 saturated heterocycles. The summed E-state index contributed by atoms with van der Waals surface area (Å²) in [5.74, 6) is 1.07. The second-order valence-electron chi connectivity index (χ2n) is 3.23. The predicted molar refractivity (Wildman–Crippen MR) is 45.3 cm³/mol. The van der Waals surface area contributed by atoms with E-state index >= 15 is 0 Å². The summed E-state index contributed by atoms with van der Waals surface area (Å²) in [4.78, 5) is 10.9. The van der Waals surface area contributed by atoms with E-state index in [4.69, 9.17) is 0 Å². The van der Waals surface area contributed by atoms with E-state index in [-0.39, 0.29) is 5.92 Å². The van der Waals surface area contributed by atoms with E-state index in [9.17, 15) is 4.79 Å². The molecule has 0 aromatic heterocycles. The Labute approximate surface area is 70.3 Å². The van der Waals surface area contributed by atoms with E-state index in [1.807, 2.05) is 0 Å². The molecule has 0 spiro atoms. The molecule has 1 aliphatic carbocycles. The van der Waals surface area contributed by atoms with Gasteiger partial charge in [0.15, 0.2) is 0 Å². The average Bonchev–Trinajstić information content (AvgIpc) is 1.88. The van der Waals surface area contributed by atoms with Crippen LogP contribution in [0.1, 0.15) is 26.2 Å². The Balaban J connectivity index is 2.43. The zero-order valence-corrected chi connectivity index (χ0v) is 7.80. The zero-order chi connectivity index (χ0) is 7.56. The van der Waals surface area contributed by atoms with Gasteiger partial charge in [0.2, 0.25) is 0 Å². The molecule has 0 N–H and O–H groups in total. The van der Waals surface area contributed by atoms with Crippen molar-refractivity contribution in [3.8, 4) is 0 Å². The number of alkyl halides is 1. The summed E-state index contributed by atoms with van der Waals surface area (Å²) >= 11 is 3.52. The van der Waals surface area contributed by atoms with Crippen molar-refractivity contribution in [1.29, 1.82) is 0 Å². The lowest BCUT2D eigenvalue weighted by atomic mass is 9.84. The van der Waals surface area contributed by atoms with E-state index in [0.29, 0.717) is 4.83 Å². The SMILES string of the molecule is CC1CCC(C=O)C(Br)C1. The summed E-state index contributed by atoms with van der Waals surface area (Å²) in [5.41, 5.74) is 0. The molecule has 1 saturated carbocycles. The first-order chi connectivity index (χ1) is 4.74. The van der Waals surface area contributed by atoms with Gasteiger partial charge in [-0.25, -0.2) is 0 Å². The summed E-state index contributed by atoms with van der Waals surface area (Å²) < 4.78 is 0. The van der Waals surface area contributed by atoms with Gasteiger partial charge in [0.1, 0.15) is 6.29 Å². The van der Waals surface area contributed by atoms with Crippen molar-refractivity contribution in [3.05, 3.63) is 0 Å². The van der Waals surface area contributed by atoms with Gasteiger partial charge < -0.3 is 4.79 Å². The quantitative estimate of drug-likeness (QED) is 0.474. The van der Waals surface area contributed by atoms with Gasteiger partial charge in [-0.15, -0.1) is 0 Å². The molecule has 0 heterocycles. The second-order valence-corrected chi connectivity index (χ2v) is 4.41. The van der Waals surface area contributed by atoms with Crippen LogP contribution in [-0.2, 0) is 4.79 Å². The molecule has 0 aromatic rings. The summed E-state index contributed by atoms with van der Waals surface area (Å²) in [6.45, 7) is 2.25. The van der Waals surface area contributed by atoms with Crippen LogP contribution in [-0.4, -0.2) is 11.1 Å². The molecule has 1 rings (SSSR count). The molecule has 0 aromatic carbocycles. The van der Waals surface area contributed by atoms with Crippen LogP contribution in [0, 0.1) is 11.8 Å². The third-order valence-corrected chi connectivity index (χ3v) is 3.31. The largest absolute Gasteiger partial charge is 0.303 e. The molecule has 0 aliphatic heterocycles. The Morgan fingerprint density at radius 2 is 2.20 bits per heavy atom. The highest BCUT2D eigenvalue weighted by Gasteiger charge is 2.25. The van der Waals surface area contributed by atoms with Crippen molar-refractivity contribution in [1.82, 2.24) is 0 Å². The van der Waals surface area contributed by atoms with Gasteiger partial charge in [0.05, 0.1) is 0 Å². The number of aldehydes is 1. The Bertz CT molecular complexity index is 124. The third-order valence-electron chi connectivity index (χ3n) is 2.26. The van der Waals surface area contributed by atoms with Crippen LogP contribution >= 0.6 is 15.9 Å². The molecule has 1 nitrogen and oxygen atoms in total. The van der Waals surface area contributed by atoms with Crippen LogP contribution in [0.2, 0.25) is 0 Å². The lowest BCUT2D eigenvalue weighted by Gasteiger charge is -2.27. The van der Waals surface area contributed by atoms with Gasteiger partial charge in [0, 0.05) is 10.7 Å². The van der Waals surface area contributed by atoms with Crippen LogP contribution < -0.4 is 0 Å². The molecule has 2 heteroatoms. The smallest absolute Gasteiger partial charge is 0.124 e. The monoisotopic (exact) mass is 204 g/mol. The minimum Gasteiger partial charge on any atom is -0.303 e. The Kier molecular flexibility index (Phi) is 2.90. The van der Waals surface area contributed by atoms with Crippen molar-refractivity contribution < 1.29 is 4.79 Å². The maximum Gasteiger partial charge on any atom is 0.124 e. The number of carbonyl (C=O) groups is 1. The lowest BCUT2D eigenvalue weighted by Crippen LogP contribution is -2.24. The summed E-state index contributed by atoms with van der Waals surface area (Å²) in [7, 11) is 0. The van der Waals surface area contributed by atoms with Crippen molar-refractivity contribution >= 4 is 22.2 Å². The average molecular weight is 205 g/mol. The van der Waals surface area contributed by atoms with E-state index in [0.717, 1.165) is 25.0 Å². The van der Waals surface area contributed by atoms with Gasteiger partial charge in [-0.05, 0) is 25.2 Å². The van der Waals surface area contributed by atoms with E-state index in [1.54, 1.807) is 0 Å². The third kappa shape index (κ3) is 1.82. The van der Waals surface area contributed by atoms with Gasteiger partial charge >= 0.3 is 0 Å². The molecule has 3 unspecified atom stereocenters. The molecule has 0 amide bonds. The molecule has 3 atom stereocenters. The van der Waals surface area contributed by atoms with Gasteiger partial charge in [0.25, 0.3) is 0 Å². The molecular weight excluding hydrogens is 192 g/mol. The Morgan fingerprint density at radius 1 is 1.50 bits per heavy atom. The van der Waals surface area contributed by atoms with E-state index < -0.39 is 0 Å².